The normalized spacial score (nSPS) is 13.9. The van der Waals surface area contributed by atoms with Crippen LogP contribution in [0.5, 0.6) is 11.5 Å². The summed E-state index contributed by atoms with van der Waals surface area (Å²) in [6, 6.07) is 15.7. The molecule has 0 aliphatic carbocycles. The molecular formula is C18H22O2. The van der Waals surface area contributed by atoms with Crippen LogP contribution in [-0.2, 0) is 0 Å². The molecule has 0 fully saturated rings. The molecule has 0 aliphatic heterocycles. The van der Waals surface area contributed by atoms with E-state index in [2.05, 4.69) is 38.1 Å². The molecule has 2 nitrogen and oxygen atoms in total. The molecule has 106 valence electrons. The molecule has 0 spiro atoms. The van der Waals surface area contributed by atoms with Crippen LogP contribution in [-0.4, -0.2) is 10.2 Å². The Morgan fingerprint density at radius 3 is 1.90 bits per heavy atom. The molecule has 0 bridgehead atoms. The second-order valence-electron chi connectivity index (χ2n) is 5.19. The quantitative estimate of drug-likeness (QED) is 0.767. The Morgan fingerprint density at radius 1 is 0.750 bits per heavy atom. The van der Waals surface area contributed by atoms with Gasteiger partial charge in [0.2, 0.25) is 0 Å². The molecular weight excluding hydrogens is 248 g/mol. The van der Waals surface area contributed by atoms with Gasteiger partial charge in [-0.2, -0.15) is 0 Å². The molecule has 2 rings (SSSR count). The zero-order valence-corrected chi connectivity index (χ0v) is 12.1. The highest BCUT2D eigenvalue weighted by molar-refractivity contribution is 5.42. The highest BCUT2D eigenvalue weighted by Gasteiger charge is 2.22. The Labute approximate surface area is 120 Å². The van der Waals surface area contributed by atoms with Gasteiger partial charge in [-0.05, 0) is 47.9 Å². The first-order valence-corrected chi connectivity index (χ1v) is 7.24. The van der Waals surface area contributed by atoms with Gasteiger partial charge >= 0.3 is 0 Å². The Morgan fingerprint density at radius 2 is 1.35 bits per heavy atom. The van der Waals surface area contributed by atoms with E-state index in [1.807, 2.05) is 12.1 Å². The van der Waals surface area contributed by atoms with Gasteiger partial charge in [-0.1, -0.05) is 50.2 Å². The van der Waals surface area contributed by atoms with Gasteiger partial charge in [0.05, 0.1) is 0 Å². The highest BCUT2D eigenvalue weighted by Crippen LogP contribution is 2.40. The summed E-state index contributed by atoms with van der Waals surface area (Å²) >= 11 is 0. The molecule has 2 aromatic carbocycles. The van der Waals surface area contributed by atoms with Crippen LogP contribution in [0.3, 0.4) is 0 Å². The van der Waals surface area contributed by atoms with Gasteiger partial charge in [0, 0.05) is 0 Å². The fraction of sp³-hybridized carbons (Fsp3) is 0.333. The van der Waals surface area contributed by atoms with E-state index in [1.165, 1.54) is 5.56 Å². The van der Waals surface area contributed by atoms with E-state index in [0.29, 0.717) is 11.8 Å². The molecule has 0 amide bonds. The second kappa shape index (κ2) is 6.47. The number of benzene rings is 2. The minimum atomic E-state index is -0.0589. The van der Waals surface area contributed by atoms with Crippen molar-refractivity contribution in [3.8, 4) is 11.5 Å². The minimum Gasteiger partial charge on any atom is -0.504 e. The summed E-state index contributed by atoms with van der Waals surface area (Å²) in [6.07, 6.45) is 2.04. The highest BCUT2D eigenvalue weighted by atomic mass is 16.3. The van der Waals surface area contributed by atoms with Crippen LogP contribution in [0, 0.1) is 0 Å². The molecule has 2 unspecified atom stereocenters. The summed E-state index contributed by atoms with van der Waals surface area (Å²) in [6.45, 7) is 4.36. The second-order valence-corrected chi connectivity index (χ2v) is 5.19. The third-order valence-corrected chi connectivity index (χ3v) is 4.02. The zero-order valence-electron chi connectivity index (χ0n) is 12.1. The SMILES string of the molecule is CCC(c1ccccc1)C(CC)c1ccc(O)c(O)c1. The first-order valence-electron chi connectivity index (χ1n) is 7.24. The summed E-state index contributed by atoms with van der Waals surface area (Å²) in [5, 5.41) is 19.2. The lowest BCUT2D eigenvalue weighted by Gasteiger charge is -2.26. The monoisotopic (exact) mass is 270 g/mol. The number of phenols is 2. The summed E-state index contributed by atoms with van der Waals surface area (Å²) in [7, 11) is 0. The first kappa shape index (κ1) is 14.4. The predicted octanol–water partition coefficient (Wildman–Crippen LogP) is 4.79. The Kier molecular flexibility index (Phi) is 4.67. The summed E-state index contributed by atoms with van der Waals surface area (Å²) < 4.78 is 0. The van der Waals surface area contributed by atoms with Crippen LogP contribution in [0.15, 0.2) is 48.5 Å². The average molecular weight is 270 g/mol. The van der Waals surface area contributed by atoms with Crippen molar-refractivity contribution in [3.05, 3.63) is 59.7 Å². The number of rotatable bonds is 5. The fourth-order valence-corrected chi connectivity index (χ4v) is 2.98. The smallest absolute Gasteiger partial charge is 0.157 e. The van der Waals surface area contributed by atoms with Crippen molar-refractivity contribution in [1.29, 1.82) is 0 Å². The molecule has 0 aromatic heterocycles. The lowest BCUT2D eigenvalue weighted by Crippen LogP contribution is -2.10. The number of aromatic hydroxyl groups is 2. The van der Waals surface area contributed by atoms with E-state index in [-0.39, 0.29) is 11.5 Å². The van der Waals surface area contributed by atoms with E-state index in [0.717, 1.165) is 18.4 Å². The van der Waals surface area contributed by atoms with Gasteiger partial charge in [0.25, 0.3) is 0 Å². The van der Waals surface area contributed by atoms with Gasteiger partial charge in [0.15, 0.2) is 11.5 Å². The number of hydrogen-bond donors (Lipinski definition) is 2. The van der Waals surface area contributed by atoms with Gasteiger partial charge in [-0.3, -0.25) is 0 Å². The Hall–Kier alpha value is -1.96. The number of hydrogen-bond acceptors (Lipinski definition) is 2. The first-order chi connectivity index (χ1) is 9.67. The molecule has 20 heavy (non-hydrogen) atoms. The van der Waals surface area contributed by atoms with Crippen LogP contribution in [0.2, 0.25) is 0 Å². The van der Waals surface area contributed by atoms with Crippen molar-refractivity contribution < 1.29 is 10.2 Å². The lowest BCUT2D eigenvalue weighted by atomic mass is 9.78. The van der Waals surface area contributed by atoms with Crippen molar-refractivity contribution >= 4 is 0 Å². The summed E-state index contributed by atoms with van der Waals surface area (Å²) in [4.78, 5) is 0. The van der Waals surface area contributed by atoms with Crippen LogP contribution in [0.4, 0.5) is 0 Å². The van der Waals surface area contributed by atoms with Crippen LogP contribution in [0.25, 0.3) is 0 Å². The summed E-state index contributed by atoms with van der Waals surface area (Å²) in [5.41, 5.74) is 2.41. The maximum atomic E-state index is 9.72. The molecule has 0 radical (unpaired) electrons. The van der Waals surface area contributed by atoms with Crippen molar-refractivity contribution in [2.75, 3.05) is 0 Å². The molecule has 2 heteroatoms. The van der Waals surface area contributed by atoms with Crippen molar-refractivity contribution in [2.45, 2.75) is 38.5 Å². The molecule has 0 heterocycles. The Bertz CT molecular complexity index is 549. The third-order valence-electron chi connectivity index (χ3n) is 4.02. The van der Waals surface area contributed by atoms with Crippen molar-refractivity contribution in [1.82, 2.24) is 0 Å². The van der Waals surface area contributed by atoms with Crippen LogP contribution in [0.1, 0.15) is 49.7 Å². The topological polar surface area (TPSA) is 40.5 Å². The lowest BCUT2D eigenvalue weighted by molar-refractivity contribution is 0.401. The number of phenolic OH excluding ortho intramolecular Hbond substituents is 2. The fourth-order valence-electron chi connectivity index (χ4n) is 2.98. The largest absolute Gasteiger partial charge is 0.504 e. The molecule has 2 aromatic rings. The van der Waals surface area contributed by atoms with E-state index < -0.39 is 0 Å². The van der Waals surface area contributed by atoms with Crippen molar-refractivity contribution in [2.24, 2.45) is 0 Å². The van der Waals surface area contributed by atoms with Gasteiger partial charge in [-0.25, -0.2) is 0 Å². The Balaban J connectivity index is 2.36. The zero-order chi connectivity index (χ0) is 14.5. The standard InChI is InChI=1S/C18H22O2/c1-3-15(13-8-6-5-7-9-13)16(4-2)14-10-11-17(19)18(20)12-14/h5-12,15-16,19-20H,3-4H2,1-2H3. The predicted molar refractivity (Wildman–Crippen MR) is 82.3 cm³/mol. The average Bonchev–Trinajstić information content (AvgIpc) is 2.48. The third kappa shape index (κ3) is 2.96. The van der Waals surface area contributed by atoms with Crippen LogP contribution >= 0.6 is 0 Å². The molecule has 2 N–H and O–H groups in total. The molecule has 0 aliphatic rings. The van der Waals surface area contributed by atoms with E-state index in [4.69, 9.17) is 0 Å². The minimum absolute atomic E-state index is 0.0381. The molecule has 0 saturated heterocycles. The van der Waals surface area contributed by atoms with Gasteiger partial charge in [0.1, 0.15) is 0 Å². The van der Waals surface area contributed by atoms with E-state index in [1.54, 1.807) is 12.1 Å². The van der Waals surface area contributed by atoms with Crippen molar-refractivity contribution in [3.63, 3.8) is 0 Å². The van der Waals surface area contributed by atoms with Crippen LogP contribution < -0.4 is 0 Å². The maximum absolute atomic E-state index is 9.72. The van der Waals surface area contributed by atoms with Gasteiger partial charge in [-0.15, -0.1) is 0 Å². The molecule has 2 atom stereocenters. The maximum Gasteiger partial charge on any atom is 0.157 e. The molecule has 0 saturated carbocycles. The van der Waals surface area contributed by atoms with Gasteiger partial charge < -0.3 is 10.2 Å². The van der Waals surface area contributed by atoms with E-state index in [9.17, 15) is 10.2 Å². The summed E-state index contributed by atoms with van der Waals surface area (Å²) in [5.74, 6) is 0.666. The van der Waals surface area contributed by atoms with E-state index >= 15 is 0 Å².